The van der Waals surface area contributed by atoms with Crippen LogP contribution in [0.25, 0.3) is 0 Å². The maximum absolute atomic E-state index is 12.4. The predicted octanol–water partition coefficient (Wildman–Crippen LogP) is 2.14. The number of thioether (sulfide) groups is 1. The lowest BCUT2D eigenvalue weighted by Gasteiger charge is -2.43. The molecule has 17 heavy (non-hydrogen) atoms. The van der Waals surface area contributed by atoms with Gasteiger partial charge in [0.2, 0.25) is 5.91 Å². The fraction of sp³-hybridized carbons (Fsp3) is 0.917. The van der Waals surface area contributed by atoms with Gasteiger partial charge >= 0.3 is 0 Å². The first-order valence-electron chi connectivity index (χ1n) is 6.12. The van der Waals surface area contributed by atoms with Crippen LogP contribution >= 0.6 is 27.7 Å². The summed E-state index contributed by atoms with van der Waals surface area (Å²) in [4.78, 5) is 14.4. The molecule has 0 aromatic heterocycles. The van der Waals surface area contributed by atoms with Gasteiger partial charge in [-0.05, 0) is 26.0 Å². The number of amides is 1. The summed E-state index contributed by atoms with van der Waals surface area (Å²) >= 11 is 5.35. The number of carbonyl (C=O) groups excluding carboxylic acids is 1. The molecule has 1 amide bonds. The Labute approximate surface area is 116 Å². The second kappa shape index (κ2) is 5.49. The van der Waals surface area contributed by atoms with E-state index in [0.717, 1.165) is 36.3 Å². The van der Waals surface area contributed by atoms with Gasteiger partial charge in [0.25, 0.3) is 0 Å². The molecule has 2 rings (SSSR count). The molecule has 0 aromatic rings. The minimum absolute atomic E-state index is 0.122. The third-order valence-corrected chi connectivity index (χ3v) is 5.13. The van der Waals surface area contributed by atoms with Crippen molar-refractivity contribution in [2.75, 3.05) is 29.9 Å². The van der Waals surface area contributed by atoms with Crippen molar-refractivity contribution in [1.29, 1.82) is 0 Å². The lowest BCUT2D eigenvalue weighted by molar-refractivity contribution is -0.160. The quantitative estimate of drug-likeness (QED) is 0.730. The van der Waals surface area contributed by atoms with Crippen molar-refractivity contribution in [3.05, 3.63) is 0 Å². The molecule has 0 bridgehead atoms. The first-order chi connectivity index (χ1) is 8.02. The Morgan fingerprint density at radius 2 is 2.35 bits per heavy atom. The molecule has 2 atom stereocenters. The molecule has 3 nitrogen and oxygen atoms in total. The number of hydrogen-bond donors (Lipinski definition) is 0. The highest BCUT2D eigenvalue weighted by atomic mass is 79.9. The molecule has 0 aromatic carbocycles. The molecule has 2 fully saturated rings. The molecule has 98 valence electrons. The van der Waals surface area contributed by atoms with Crippen LogP contribution in [0.2, 0.25) is 0 Å². The van der Waals surface area contributed by atoms with E-state index in [1.54, 1.807) is 0 Å². The van der Waals surface area contributed by atoms with Crippen LogP contribution in [0.1, 0.15) is 20.3 Å². The number of morpholine rings is 1. The molecule has 5 heteroatoms. The molecule has 2 heterocycles. The highest BCUT2D eigenvalue weighted by molar-refractivity contribution is 9.09. The molecule has 2 saturated heterocycles. The van der Waals surface area contributed by atoms with Gasteiger partial charge in [-0.1, -0.05) is 15.9 Å². The van der Waals surface area contributed by atoms with Crippen molar-refractivity contribution >= 4 is 33.6 Å². The smallest absolute Gasteiger partial charge is 0.226 e. The van der Waals surface area contributed by atoms with Gasteiger partial charge in [-0.3, -0.25) is 4.79 Å². The Balaban J connectivity index is 2.01. The van der Waals surface area contributed by atoms with Gasteiger partial charge in [0.05, 0.1) is 11.7 Å². The molecule has 0 aliphatic carbocycles. The highest BCUT2D eigenvalue weighted by Gasteiger charge is 2.37. The van der Waals surface area contributed by atoms with Gasteiger partial charge in [-0.15, -0.1) is 0 Å². The van der Waals surface area contributed by atoms with Gasteiger partial charge in [-0.25, -0.2) is 0 Å². The summed E-state index contributed by atoms with van der Waals surface area (Å²) in [5.74, 6) is 2.70. The molecular weight excluding hydrogens is 302 g/mol. The zero-order valence-electron chi connectivity index (χ0n) is 10.4. The van der Waals surface area contributed by atoms with Crippen molar-refractivity contribution in [2.45, 2.75) is 32.0 Å². The molecule has 0 saturated carbocycles. The zero-order valence-corrected chi connectivity index (χ0v) is 12.8. The maximum Gasteiger partial charge on any atom is 0.226 e. The Kier molecular flexibility index (Phi) is 4.42. The zero-order chi connectivity index (χ0) is 12.5. The van der Waals surface area contributed by atoms with Gasteiger partial charge < -0.3 is 9.64 Å². The Bertz CT molecular complexity index is 292. The van der Waals surface area contributed by atoms with Gasteiger partial charge in [-0.2, -0.15) is 11.8 Å². The summed E-state index contributed by atoms with van der Waals surface area (Å²) in [6.07, 6.45) is 1.16. The number of carbonyl (C=O) groups is 1. The molecule has 2 unspecified atom stereocenters. The topological polar surface area (TPSA) is 29.5 Å². The first-order valence-corrected chi connectivity index (χ1v) is 8.40. The Hall–Kier alpha value is 0.260. The van der Waals surface area contributed by atoms with E-state index in [4.69, 9.17) is 4.74 Å². The van der Waals surface area contributed by atoms with E-state index in [0.29, 0.717) is 5.91 Å². The number of alkyl halides is 1. The molecule has 2 aliphatic rings. The lowest BCUT2D eigenvalue weighted by atomic mass is 10.0. The van der Waals surface area contributed by atoms with Crippen molar-refractivity contribution in [2.24, 2.45) is 5.92 Å². The molecular formula is C12H20BrNO2S. The fourth-order valence-corrected chi connectivity index (χ4v) is 4.08. The van der Waals surface area contributed by atoms with Crippen molar-refractivity contribution in [3.8, 4) is 0 Å². The van der Waals surface area contributed by atoms with Crippen molar-refractivity contribution < 1.29 is 9.53 Å². The summed E-state index contributed by atoms with van der Waals surface area (Å²) in [7, 11) is 0. The van der Waals surface area contributed by atoms with E-state index < -0.39 is 0 Å². The molecule has 0 radical (unpaired) electrons. The average molecular weight is 322 g/mol. The SMILES string of the molecule is CC1(C)CN(C(=O)C2CCSC2)CC(CBr)O1. The van der Waals surface area contributed by atoms with Gasteiger partial charge in [0.15, 0.2) is 0 Å². The normalized spacial score (nSPS) is 32.8. The lowest BCUT2D eigenvalue weighted by Crippen LogP contribution is -2.56. The minimum atomic E-state index is -0.224. The average Bonchev–Trinajstić information content (AvgIpc) is 2.79. The number of ether oxygens (including phenoxy) is 1. The molecule has 0 N–H and O–H groups in total. The van der Waals surface area contributed by atoms with Crippen molar-refractivity contribution in [1.82, 2.24) is 4.90 Å². The number of hydrogen-bond acceptors (Lipinski definition) is 3. The van der Waals surface area contributed by atoms with E-state index in [9.17, 15) is 4.79 Å². The third kappa shape index (κ3) is 3.38. The summed E-state index contributed by atoms with van der Waals surface area (Å²) in [6.45, 7) is 5.57. The molecule has 2 aliphatic heterocycles. The first kappa shape index (κ1) is 13.7. The maximum atomic E-state index is 12.4. The summed E-state index contributed by atoms with van der Waals surface area (Å²) < 4.78 is 5.92. The number of halogens is 1. The van der Waals surface area contributed by atoms with E-state index in [2.05, 4.69) is 29.8 Å². The van der Waals surface area contributed by atoms with E-state index in [1.165, 1.54) is 0 Å². The van der Waals surface area contributed by atoms with Crippen LogP contribution < -0.4 is 0 Å². The van der Waals surface area contributed by atoms with Crippen LogP contribution in [-0.2, 0) is 9.53 Å². The van der Waals surface area contributed by atoms with Crippen LogP contribution in [-0.4, -0.2) is 52.4 Å². The summed E-state index contributed by atoms with van der Waals surface area (Å²) in [6, 6.07) is 0. The monoisotopic (exact) mass is 321 g/mol. The Morgan fingerprint density at radius 3 is 2.94 bits per heavy atom. The number of nitrogens with zero attached hydrogens (tertiary/aromatic N) is 1. The standard InChI is InChI=1S/C12H20BrNO2S/c1-12(2)8-14(6-10(5-13)16-12)11(15)9-3-4-17-7-9/h9-10H,3-8H2,1-2H3. The largest absolute Gasteiger partial charge is 0.368 e. The van der Waals surface area contributed by atoms with E-state index in [1.807, 2.05) is 16.7 Å². The summed E-state index contributed by atoms with van der Waals surface area (Å²) in [5.41, 5.74) is -0.224. The third-order valence-electron chi connectivity index (χ3n) is 3.24. The van der Waals surface area contributed by atoms with Gasteiger partial charge in [0, 0.05) is 30.1 Å². The predicted molar refractivity (Wildman–Crippen MR) is 74.8 cm³/mol. The number of rotatable bonds is 2. The minimum Gasteiger partial charge on any atom is -0.368 e. The van der Waals surface area contributed by atoms with Crippen LogP contribution in [0.5, 0.6) is 0 Å². The van der Waals surface area contributed by atoms with E-state index >= 15 is 0 Å². The summed E-state index contributed by atoms with van der Waals surface area (Å²) in [5, 5.41) is 0.791. The van der Waals surface area contributed by atoms with Gasteiger partial charge in [0.1, 0.15) is 0 Å². The molecule has 0 spiro atoms. The van der Waals surface area contributed by atoms with Crippen molar-refractivity contribution in [3.63, 3.8) is 0 Å². The van der Waals surface area contributed by atoms with E-state index in [-0.39, 0.29) is 17.6 Å². The van der Waals surface area contributed by atoms with Crippen LogP contribution in [0, 0.1) is 5.92 Å². The second-order valence-electron chi connectivity index (χ2n) is 5.43. The van der Waals surface area contributed by atoms with Crippen LogP contribution in [0.4, 0.5) is 0 Å². The second-order valence-corrected chi connectivity index (χ2v) is 7.23. The highest BCUT2D eigenvalue weighted by Crippen LogP contribution is 2.28. The van der Waals surface area contributed by atoms with Crippen LogP contribution in [0.3, 0.4) is 0 Å². The fourth-order valence-electron chi connectivity index (χ4n) is 2.53. The van der Waals surface area contributed by atoms with Crippen LogP contribution in [0.15, 0.2) is 0 Å². The Morgan fingerprint density at radius 1 is 1.59 bits per heavy atom.